The van der Waals surface area contributed by atoms with Crippen molar-refractivity contribution in [3.63, 3.8) is 0 Å². The summed E-state index contributed by atoms with van der Waals surface area (Å²) in [6, 6.07) is 14.6. The van der Waals surface area contributed by atoms with E-state index in [1.165, 1.54) is 16.4 Å². The minimum Gasteiger partial charge on any atom is -0.497 e. The third-order valence-corrected chi connectivity index (χ3v) is 4.85. The first kappa shape index (κ1) is 17.9. The van der Waals surface area contributed by atoms with Gasteiger partial charge in [0.05, 0.1) is 19.1 Å². The number of anilines is 2. The molecule has 0 saturated heterocycles. The number of thioether (sulfide) groups is 1. The Labute approximate surface area is 164 Å². The molecule has 4 aromatic rings. The zero-order valence-electron chi connectivity index (χ0n) is 15.0. The number of rotatable bonds is 7. The molecule has 3 aromatic heterocycles. The summed E-state index contributed by atoms with van der Waals surface area (Å²) in [5.74, 6) is 2.18. The lowest BCUT2D eigenvalue weighted by Gasteiger charge is -2.13. The third kappa shape index (κ3) is 3.79. The summed E-state index contributed by atoms with van der Waals surface area (Å²) >= 11 is 1.37. The van der Waals surface area contributed by atoms with E-state index in [-0.39, 0.29) is 11.4 Å². The summed E-state index contributed by atoms with van der Waals surface area (Å²) in [7, 11) is 1.60. The second-order valence-corrected chi connectivity index (χ2v) is 6.68. The molecule has 0 aliphatic carbocycles. The molecule has 0 saturated carbocycles. The molecule has 3 heterocycles. The second kappa shape index (κ2) is 8.05. The first-order valence-corrected chi connectivity index (χ1v) is 9.43. The molecule has 0 radical (unpaired) electrons. The molecular weight excluding hydrogens is 378 g/mol. The van der Waals surface area contributed by atoms with Gasteiger partial charge in [-0.2, -0.15) is 4.68 Å². The van der Waals surface area contributed by atoms with Crippen LogP contribution >= 0.6 is 11.8 Å². The molecule has 28 heavy (non-hydrogen) atoms. The Morgan fingerprint density at radius 1 is 1.11 bits per heavy atom. The van der Waals surface area contributed by atoms with E-state index in [1.54, 1.807) is 54.7 Å². The third-order valence-electron chi connectivity index (χ3n) is 3.91. The van der Waals surface area contributed by atoms with Crippen LogP contribution in [-0.4, -0.2) is 26.7 Å². The van der Waals surface area contributed by atoms with E-state index in [4.69, 9.17) is 9.15 Å². The van der Waals surface area contributed by atoms with Crippen molar-refractivity contribution in [2.75, 3.05) is 12.4 Å². The van der Waals surface area contributed by atoms with Gasteiger partial charge in [-0.1, -0.05) is 11.8 Å². The van der Waals surface area contributed by atoms with Gasteiger partial charge in [0.1, 0.15) is 11.5 Å². The summed E-state index contributed by atoms with van der Waals surface area (Å²) in [6.07, 6.45) is 5.16. The van der Waals surface area contributed by atoms with Crippen molar-refractivity contribution in [3.8, 4) is 5.75 Å². The van der Waals surface area contributed by atoms with Gasteiger partial charge >= 0.3 is 5.56 Å². The van der Waals surface area contributed by atoms with E-state index in [1.807, 2.05) is 24.3 Å². The van der Waals surface area contributed by atoms with E-state index >= 15 is 0 Å². The molecule has 0 aliphatic rings. The van der Waals surface area contributed by atoms with Crippen molar-refractivity contribution in [3.05, 3.63) is 83.3 Å². The first-order chi connectivity index (χ1) is 13.7. The van der Waals surface area contributed by atoms with Gasteiger partial charge in [-0.25, -0.2) is 0 Å². The fourth-order valence-corrected chi connectivity index (χ4v) is 3.37. The van der Waals surface area contributed by atoms with E-state index in [0.29, 0.717) is 16.6 Å². The predicted molar refractivity (Wildman–Crippen MR) is 106 cm³/mol. The van der Waals surface area contributed by atoms with Gasteiger partial charge in [0.2, 0.25) is 11.0 Å². The molecule has 8 nitrogen and oxygen atoms in total. The molecule has 1 aromatic carbocycles. The summed E-state index contributed by atoms with van der Waals surface area (Å²) in [4.78, 5) is 13.1. The Balaban J connectivity index is 1.66. The zero-order valence-corrected chi connectivity index (χ0v) is 15.8. The number of benzene rings is 1. The Morgan fingerprint density at radius 3 is 2.57 bits per heavy atom. The van der Waals surface area contributed by atoms with E-state index < -0.39 is 0 Å². The molecule has 4 rings (SSSR count). The monoisotopic (exact) mass is 395 g/mol. The predicted octanol–water partition coefficient (Wildman–Crippen LogP) is 3.39. The van der Waals surface area contributed by atoms with Crippen LogP contribution < -0.4 is 15.6 Å². The average Bonchev–Trinajstić information content (AvgIpc) is 3.43. The molecule has 142 valence electrons. The van der Waals surface area contributed by atoms with Gasteiger partial charge in [-0.05, 0) is 48.5 Å². The van der Waals surface area contributed by atoms with Crippen LogP contribution in [0.25, 0.3) is 0 Å². The van der Waals surface area contributed by atoms with Crippen molar-refractivity contribution in [2.24, 2.45) is 0 Å². The number of methoxy groups -OCH3 is 1. The van der Waals surface area contributed by atoms with Crippen LogP contribution in [0.1, 0.15) is 5.76 Å². The smallest absolute Gasteiger partial charge is 0.316 e. The fourth-order valence-electron chi connectivity index (χ4n) is 2.54. The maximum absolute atomic E-state index is 13.1. The molecule has 0 fully saturated rings. The van der Waals surface area contributed by atoms with Crippen LogP contribution in [0, 0.1) is 0 Å². The van der Waals surface area contributed by atoms with Crippen molar-refractivity contribution >= 4 is 23.3 Å². The minimum atomic E-state index is -0.316. The lowest BCUT2D eigenvalue weighted by Crippen LogP contribution is -2.30. The number of hydrogen-bond acceptors (Lipinski definition) is 7. The summed E-state index contributed by atoms with van der Waals surface area (Å²) < 4.78 is 13.6. The molecule has 1 N–H and O–H groups in total. The Kier molecular flexibility index (Phi) is 5.16. The highest BCUT2D eigenvalue weighted by atomic mass is 32.2. The Bertz CT molecular complexity index is 1090. The van der Waals surface area contributed by atoms with E-state index in [0.717, 1.165) is 11.5 Å². The Morgan fingerprint density at radius 2 is 1.89 bits per heavy atom. The SMILES string of the molecule is COc1ccc(Nc2nnc(SCc3ccco3)n(-n3cccc3)c2=O)cc1. The van der Waals surface area contributed by atoms with Crippen molar-refractivity contribution in [1.29, 1.82) is 0 Å². The van der Waals surface area contributed by atoms with Gasteiger partial charge in [-0.15, -0.1) is 10.2 Å². The van der Waals surface area contributed by atoms with Crippen LogP contribution in [-0.2, 0) is 5.75 Å². The molecule has 0 unspecified atom stereocenters. The lowest BCUT2D eigenvalue weighted by atomic mass is 10.3. The van der Waals surface area contributed by atoms with Gasteiger partial charge in [0.25, 0.3) is 0 Å². The van der Waals surface area contributed by atoms with Crippen molar-refractivity contribution in [2.45, 2.75) is 10.9 Å². The zero-order chi connectivity index (χ0) is 19.3. The quantitative estimate of drug-likeness (QED) is 0.480. The number of ether oxygens (including phenoxy) is 1. The normalized spacial score (nSPS) is 10.8. The number of nitrogens with zero attached hydrogens (tertiary/aromatic N) is 4. The van der Waals surface area contributed by atoms with Crippen LogP contribution in [0.15, 0.2) is 81.6 Å². The fraction of sp³-hybridized carbons (Fsp3) is 0.105. The second-order valence-electron chi connectivity index (χ2n) is 5.73. The van der Waals surface area contributed by atoms with Gasteiger partial charge in [0.15, 0.2) is 0 Å². The molecular formula is C19H17N5O3S. The maximum atomic E-state index is 13.1. The summed E-state index contributed by atoms with van der Waals surface area (Å²) in [5.41, 5.74) is 0.395. The molecule has 9 heteroatoms. The van der Waals surface area contributed by atoms with Gasteiger partial charge in [-0.3, -0.25) is 9.47 Å². The molecule has 0 amide bonds. The van der Waals surface area contributed by atoms with Crippen molar-refractivity contribution in [1.82, 2.24) is 19.5 Å². The van der Waals surface area contributed by atoms with Crippen LogP contribution in [0.2, 0.25) is 0 Å². The van der Waals surface area contributed by atoms with Gasteiger partial charge < -0.3 is 14.5 Å². The van der Waals surface area contributed by atoms with Crippen molar-refractivity contribution < 1.29 is 9.15 Å². The van der Waals surface area contributed by atoms with Crippen LogP contribution in [0.3, 0.4) is 0 Å². The molecule has 0 spiro atoms. The number of furan rings is 1. The first-order valence-electron chi connectivity index (χ1n) is 8.44. The molecule has 0 aliphatic heterocycles. The largest absolute Gasteiger partial charge is 0.497 e. The lowest BCUT2D eigenvalue weighted by molar-refractivity contribution is 0.415. The summed E-state index contributed by atoms with van der Waals surface area (Å²) in [6.45, 7) is 0. The standard InChI is InChI=1S/C19H17N5O3S/c1-26-15-8-6-14(7-9-15)20-17-18(25)24(23-10-2-3-11-23)19(22-21-17)28-13-16-5-4-12-27-16/h2-12H,13H2,1H3,(H,20,21). The molecule has 0 bridgehead atoms. The maximum Gasteiger partial charge on any atom is 0.316 e. The Hall–Kier alpha value is -3.46. The highest BCUT2D eigenvalue weighted by Gasteiger charge is 2.15. The van der Waals surface area contributed by atoms with E-state index in [2.05, 4.69) is 15.5 Å². The van der Waals surface area contributed by atoms with Crippen LogP contribution in [0.4, 0.5) is 11.5 Å². The average molecular weight is 395 g/mol. The number of hydrogen-bond donors (Lipinski definition) is 1. The van der Waals surface area contributed by atoms with Crippen LogP contribution in [0.5, 0.6) is 5.75 Å². The van der Waals surface area contributed by atoms with E-state index in [9.17, 15) is 4.79 Å². The molecule has 0 atom stereocenters. The number of aromatic nitrogens is 4. The number of nitrogens with one attached hydrogen (secondary N) is 1. The minimum absolute atomic E-state index is 0.126. The topological polar surface area (TPSA) is 87.1 Å². The highest BCUT2D eigenvalue weighted by Crippen LogP contribution is 2.21. The highest BCUT2D eigenvalue weighted by molar-refractivity contribution is 7.98. The summed E-state index contributed by atoms with van der Waals surface area (Å²) in [5, 5.41) is 11.8. The van der Waals surface area contributed by atoms with Gasteiger partial charge in [0, 0.05) is 18.1 Å².